The topological polar surface area (TPSA) is 54.5 Å². The number of aliphatic imine (C=N–C) groups is 1. The van der Waals surface area contributed by atoms with E-state index in [-0.39, 0.29) is 5.56 Å². The van der Waals surface area contributed by atoms with Gasteiger partial charge in [0, 0.05) is 24.5 Å². The smallest absolute Gasteiger partial charge is 0.192 e. The molecular weight excluding hydrogens is 370 g/mol. The Labute approximate surface area is 168 Å². The monoisotopic (exact) mass is 392 g/mol. The first kappa shape index (κ1) is 19.1. The van der Waals surface area contributed by atoms with Gasteiger partial charge < -0.3 is 10.6 Å². The number of benzene rings is 2. The molecule has 6 heteroatoms. The first-order valence-corrected chi connectivity index (χ1v) is 9.51. The number of hydrogen-bond acceptors (Lipinski definition) is 4. The van der Waals surface area contributed by atoms with Crippen molar-refractivity contribution in [2.45, 2.75) is 18.9 Å². The molecule has 1 atom stereocenters. The van der Waals surface area contributed by atoms with Crippen molar-refractivity contribution in [1.29, 1.82) is 0 Å². The highest BCUT2D eigenvalue weighted by molar-refractivity contribution is 5.82. The summed E-state index contributed by atoms with van der Waals surface area (Å²) in [6.45, 7) is 2.59. The number of aryl methyl sites for hydroxylation is 1. The van der Waals surface area contributed by atoms with Crippen LogP contribution in [0.15, 0.2) is 65.8 Å². The van der Waals surface area contributed by atoms with Crippen LogP contribution in [0, 0.1) is 11.6 Å². The van der Waals surface area contributed by atoms with Crippen LogP contribution in [0.25, 0.3) is 11.1 Å². The summed E-state index contributed by atoms with van der Waals surface area (Å²) in [7, 11) is 1.89. The van der Waals surface area contributed by atoms with E-state index in [1.165, 1.54) is 6.07 Å². The molecule has 2 heterocycles. The van der Waals surface area contributed by atoms with Crippen LogP contribution in [0.2, 0.25) is 0 Å². The number of guanidine groups is 1. The molecule has 4 rings (SSSR count). The lowest BCUT2D eigenvalue weighted by atomic mass is 9.82. The molecule has 148 valence electrons. The van der Waals surface area contributed by atoms with Gasteiger partial charge >= 0.3 is 0 Å². The average molecular weight is 392 g/mol. The van der Waals surface area contributed by atoms with Gasteiger partial charge in [-0.1, -0.05) is 25.1 Å². The van der Waals surface area contributed by atoms with Gasteiger partial charge in [-0.15, -0.1) is 0 Å². The van der Waals surface area contributed by atoms with Gasteiger partial charge in [-0.3, -0.25) is 4.98 Å². The first-order chi connectivity index (χ1) is 13.9. The highest BCUT2D eigenvalue weighted by Gasteiger charge is 2.41. The van der Waals surface area contributed by atoms with Gasteiger partial charge in [-0.2, -0.15) is 0 Å². The van der Waals surface area contributed by atoms with Gasteiger partial charge in [0.15, 0.2) is 5.96 Å². The van der Waals surface area contributed by atoms with Gasteiger partial charge in [-0.05, 0) is 59.5 Å². The second-order valence-corrected chi connectivity index (χ2v) is 7.28. The van der Waals surface area contributed by atoms with E-state index in [1.54, 1.807) is 12.3 Å². The van der Waals surface area contributed by atoms with Gasteiger partial charge in [-0.25, -0.2) is 13.8 Å². The molecule has 0 fully saturated rings. The summed E-state index contributed by atoms with van der Waals surface area (Å²) in [5, 5.41) is 0. The minimum Gasteiger partial charge on any atom is -0.370 e. The number of nitrogens with two attached hydrogens (primary N) is 1. The van der Waals surface area contributed by atoms with E-state index in [1.807, 2.05) is 49.2 Å². The molecule has 2 aromatic carbocycles. The zero-order valence-corrected chi connectivity index (χ0v) is 16.4. The Morgan fingerprint density at radius 1 is 1.07 bits per heavy atom. The third-order valence-electron chi connectivity index (χ3n) is 5.40. The SMILES string of the molecule is CCc1cc(C2(c3cccc(-c4cc(F)ccc4F)c3)CN(C)C(N)=N2)ccn1. The van der Waals surface area contributed by atoms with Crippen molar-refractivity contribution in [3.05, 3.63) is 89.2 Å². The Hall–Kier alpha value is -3.28. The van der Waals surface area contributed by atoms with Crippen molar-refractivity contribution < 1.29 is 8.78 Å². The van der Waals surface area contributed by atoms with Crippen molar-refractivity contribution in [1.82, 2.24) is 9.88 Å². The first-order valence-electron chi connectivity index (χ1n) is 9.51. The summed E-state index contributed by atoms with van der Waals surface area (Å²) in [6, 6.07) is 14.8. The quantitative estimate of drug-likeness (QED) is 0.728. The van der Waals surface area contributed by atoms with E-state index in [0.29, 0.717) is 18.1 Å². The van der Waals surface area contributed by atoms with Crippen LogP contribution in [0.4, 0.5) is 8.78 Å². The lowest BCUT2D eigenvalue weighted by Crippen LogP contribution is -2.35. The van der Waals surface area contributed by atoms with E-state index in [4.69, 9.17) is 10.7 Å². The summed E-state index contributed by atoms with van der Waals surface area (Å²) in [6.07, 6.45) is 2.57. The number of halogens is 2. The van der Waals surface area contributed by atoms with Crippen molar-refractivity contribution in [2.24, 2.45) is 10.7 Å². The predicted molar refractivity (Wildman–Crippen MR) is 110 cm³/mol. The molecule has 2 N–H and O–H groups in total. The fourth-order valence-corrected chi connectivity index (χ4v) is 3.81. The third kappa shape index (κ3) is 3.35. The van der Waals surface area contributed by atoms with Crippen LogP contribution in [-0.2, 0) is 12.0 Å². The molecule has 3 aromatic rings. The molecule has 1 aromatic heterocycles. The van der Waals surface area contributed by atoms with E-state index in [2.05, 4.69) is 4.98 Å². The van der Waals surface area contributed by atoms with E-state index in [9.17, 15) is 8.78 Å². The van der Waals surface area contributed by atoms with Crippen LogP contribution < -0.4 is 5.73 Å². The van der Waals surface area contributed by atoms with Crippen LogP contribution in [0.3, 0.4) is 0 Å². The number of pyridine rings is 1. The molecule has 0 saturated heterocycles. The standard InChI is InChI=1S/C23H22F2N4/c1-3-19-12-17(9-10-27-19)23(14-29(2)22(26)28-23)16-6-4-5-15(11-16)20-13-18(24)7-8-21(20)25/h4-13H,3,14H2,1-2H3,(H2,26,28). The molecule has 4 nitrogen and oxygen atoms in total. The average Bonchev–Trinajstić information content (AvgIpc) is 3.05. The zero-order valence-electron chi connectivity index (χ0n) is 16.4. The molecule has 0 saturated carbocycles. The van der Waals surface area contributed by atoms with Crippen molar-refractivity contribution in [2.75, 3.05) is 13.6 Å². The summed E-state index contributed by atoms with van der Waals surface area (Å²) >= 11 is 0. The van der Waals surface area contributed by atoms with Crippen LogP contribution in [-0.4, -0.2) is 29.4 Å². The summed E-state index contributed by atoms with van der Waals surface area (Å²) in [5.74, 6) is -0.519. The van der Waals surface area contributed by atoms with Crippen molar-refractivity contribution in [3.63, 3.8) is 0 Å². The molecule has 29 heavy (non-hydrogen) atoms. The number of hydrogen-bond donors (Lipinski definition) is 1. The minimum absolute atomic E-state index is 0.217. The molecule has 0 bridgehead atoms. The van der Waals surface area contributed by atoms with E-state index < -0.39 is 17.2 Å². The summed E-state index contributed by atoms with van der Waals surface area (Å²) in [5.41, 5.74) is 8.99. The van der Waals surface area contributed by atoms with Crippen LogP contribution >= 0.6 is 0 Å². The van der Waals surface area contributed by atoms with E-state index >= 15 is 0 Å². The number of likely N-dealkylation sites (N-methyl/N-ethyl adjacent to an activating group) is 1. The van der Waals surface area contributed by atoms with Gasteiger partial charge in [0.05, 0.1) is 6.54 Å². The Morgan fingerprint density at radius 3 is 2.59 bits per heavy atom. The lowest BCUT2D eigenvalue weighted by Gasteiger charge is -2.28. The second-order valence-electron chi connectivity index (χ2n) is 7.28. The zero-order chi connectivity index (χ0) is 20.6. The summed E-state index contributed by atoms with van der Waals surface area (Å²) < 4.78 is 28.1. The maximum atomic E-state index is 14.4. The van der Waals surface area contributed by atoms with Crippen LogP contribution in [0.5, 0.6) is 0 Å². The fraction of sp³-hybridized carbons (Fsp3) is 0.217. The summed E-state index contributed by atoms with van der Waals surface area (Å²) in [4.78, 5) is 11.1. The van der Waals surface area contributed by atoms with Crippen molar-refractivity contribution >= 4 is 5.96 Å². The molecule has 0 aliphatic carbocycles. The molecule has 0 spiro atoms. The lowest BCUT2D eigenvalue weighted by molar-refractivity contribution is 0.432. The molecular formula is C23H22F2N4. The number of nitrogens with zero attached hydrogens (tertiary/aromatic N) is 3. The molecule has 1 aliphatic rings. The molecule has 0 amide bonds. The maximum Gasteiger partial charge on any atom is 0.192 e. The highest BCUT2D eigenvalue weighted by Crippen LogP contribution is 2.39. The minimum atomic E-state index is -0.745. The molecule has 1 aliphatic heterocycles. The fourth-order valence-electron chi connectivity index (χ4n) is 3.81. The Kier molecular flexibility index (Phi) is 4.78. The third-order valence-corrected chi connectivity index (χ3v) is 5.40. The number of aromatic nitrogens is 1. The highest BCUT2D eigenvalue weighted by atomic mass is 19.1. The maximum absolute atomic E-state index is 14.4. The Bertz CT molecular complexity index is 1100. The van der Waals surface area contributed by atoms with Crippen molar-refractivity contribution in [3.8, 4) is 11.1 Å². The van der Waals surface area contributed by atoms with Gasteiger partial charge in [0.25, 0.3) is 0 Å². The van der Waals surface area contributed by atoms with E-state index in [0.717, 1.165) is 35.4 Å². The largest absolute Gasteiger partial charge is 0.370 e. The van der Waals surface area contributed by atoms with Gasteiger partial charge in [0.2, 0.25) is 0 Å². The van der Waals surface area contributed by atoms with Gasteiger partial charge in [0.1, 0.15) is 17.2 Å². The number of rotatable bonds is 4. The molecule has 1 unspecified atom stereocenters. The van der Waals surface area contributed by atoms with Crippen LogP contribution in [0.1, 0.15) is 23.7 Å². The Balaban J connectivity index is 1.90. The normalized spacial score (nSPS) is 18.8. The Morgan fingerprint density at radius 2 is 1.86 bits per heavy atom. The second kappa shape index (κ2) is 7.28. The predicted octanol–water partition coefficient (Wildman–Crippen LogP) is 4.09. The molecule has 0 radical (unpaired) electrons.